The summed E-state index contributed by atoms with van der Waals surface area (Å²) in [6.45, 7) is 8.54. The van der Waals surface area contributed by atoms with E-state index >= 15 is 0 Å². The first-order valence-electron chi connectivity index (χ1n) is 9.85. The molecule has 1 unspecified atom stereocenters. The van der Waals surface area contributed by atoms with Crippen LogP contribution in [0.3, 0.4) is 0 Å². The molecule has 0 spiro atoms. The Morgan fingerprint density at radius 1 is 1.15 bits per heavy atom. The molecule has 0 bridgehead atoms. The summed E-state index contributed by atoms with van der Waals surface area (Å²) >= 11 is 0. The predicted octanol–water partition coefficient (Wildman–Crippen LogP) is 2.36. The topological polar surface area (TPSA) is 67.9 Å². The van der Waals surface area contributed by atoms with Crippen molar-refractivity contribution in [1.29, 1.82) is 0 Å². The van der Waals surface area contributed by atoms with Crippen LogP contribution in [-0.4, -0.2) is 55.3 Å². The molecule has 2 saturated heterocycles. The molecule has 0 radical (unpaired) electrons. The van der Waals surface area contributed by atoms with Crippen LogP contribution in [0.4, 0.5) is 0 Å². The molecule has 1 aromatic rings. The molecule has 2 heterocycles. The van der Waals surface area contributed by atoms with Crippen molar-refractivity contribution in [3.8, 4) is 0 Å². The van der Waals surface area contributed by atoms with Crippen LogP contribution in [0.2, 0.25) is 0 Å². The van der Waals surface area contributed by atoms with Gasteiger partial charge in [0.25, 0.3) is 5.91 Å². The van der Waals surface area contributed by atoms with Crippen LogP contribution in [0.15, 0.2) is 24.3 Å². The Balaban J connectivity index is 1.59. The quantitative estimate of drug-likeness (QED) is 0.859. The summed E-state index contributed by atoms with van der Waals surface area (Å²) in [6.07, 6.45) is 1.62. The van der Waals surface area contributed by atoms with Crippen molar-refractivity contribution < 1.29 is 19.1 Å². The monoisotopic (exact) mass is 374 g/mol. The second-order valence-electron chi connectivity index (χ2n) is 7.84. The standard InChI is InChI=1S/C21H30N2O4/c1-14(2)18(22-19(24)17-6-4-5-15(3)13-17)20(25)23-9-7-16(8-10-23)21-26-11-12-27-21/h4-6,13-14,16,18,21H,7-12H2,1-3H3,(H,22,24). The van der Waals surface area contributed by atoms with Crippen molar-refractivity contribution in [2.24, 2.45) is 11.8 Å². The highest BCUT2D eigenvalue weighted by atomic mass is 16.7. The number of nitrogens with one attached hydrogen (secondary N) is 1. The minimum Gasteiger partial charge on any atom is -0.350 e. The third kappa shape index (κ3) is 4.87. The number of rotatable bonds is 5. The minimum absolute atomic E-state index is 0.00212. The van der Waals surface area contributed by atoms with E-state index in [0.29, 0.717) is 37.8 Å². The van der Waals surface area contributed by atoms with E-state index in [4.69, 9.17) is 9.47 Å². The molecule has 2 fully saturated rings. The highest BCUT2D eigenvalue weighted by Crippen LogP contribution is 2.26. The number of piperidine rings is 1. The van der Waals surface area contributed by atoms with Crippen LogP contribution in [0.5, 0.6) is 0 Å². The normalized spacial score (nSPS) is 20.1. The molecule has 1 aromatic carbocycles. The van der Waals surface area contributed by atoms with E-state index in [-0.39, 0.29) is 24.0 Å². The van der Waals surface area contributed by atoms with Gasteiger partial charge in [-0.2, -0.15) is 0 Å². The summed E-state index contributed by atoms with van der Waals surface area (Å²) in [7, 11) is 0. The molecule has 0 aromatic heterocycles. The molecule has 2 aliphatic rings. The van der Waals surface area contributed by atoms with Gasteiger partial charge in [0.05, 0.1) is 13.2 Å². The lowest BCUT2D eigenvalue weighted by molar-refractivity contribution is -0.139. The number of aryl methyl sites for hydroxylation is 1. The van der Waals surface area contributed by atoms with Gasteiger partial charge in [0, 0.05) is 24.6 Å². The summed E-state index contributed by atoms with van der Waals surface area (Å²) in [5.41, 5.74) is 1.61. The molecule has 2 amide bonds. The third-order valence-corrected chi connectivity index (χ3v) is 5.38. The Morgan fingerprint density at radius 3 is 2.41 bits per heavy atom. The molecule has 2 aliphatic heterocycles. The summed E-state index contributed by atoms with van der Waals surface area (Å²) in [6, 6.07) is 6.90. The Hall–Kier alpha value is -1.92. The van der Waals surface area contributed by atoms with E-state index in [1.807, 2.05) is 43.9 Å². The molecule has 6 heteroatoms. The summed E-state index contributed by atoms with van der Waals surface area (Å²) < 4.78 is 11.2. The lowest BCUT2D eigenvalue weighted by Gasteiger charge is -2.36. The van der Waals surface area contributed by atoms with Gasteiger partial charge in [0.1, 0.15) is 6.04 Å². The van der Waals surface area contributed by atoms with Gasteiger partial charge in [-0.15, -0.1) is 0 Å². The number of amides is 2. The second-order valence-corrected chi connectivity index (χ2v) is 7.84. The first kappa shape index (κ1) is 19.8. The molecular weight excluding hydrogens is 344 g/mol. The zero-order valence-electron chi connectivity index (χ0n) is 16.4. The highest BCUT2D eigenvalue weighted by Gasteiger charge is 2.35. The van der Waals surface area contributed by atoms with Gasteiger partial charge in [-0.25, -0.2) is 0 Å². The van der Waals surface area contributed by atoms with Gasteiger partial charge in [0.15, 0.2) is 6.29 Å². The Kier molecular flexibility index (Phi) is 6.50. The number of nitrogens with zero attached hydrogens (tertiary/aromatic N) is 1. The number of hydrogen-bond donors (Lipinski definition) is 1. The average molecular weight is 374 g/mol. The smallest absolute Gasteiger partial charge is 0.251 e. The van der Waals surface area contributed by atoms with Gasteiger partial charge in [-0.05, 0) is 37.8 Å². The zero-order valence-corrected chi connectivity index (χ0v) is 16.4. The Bertz CT molecular complexity index is 662. The summed E-state index contributed by atoms with van der Waals surface area (Å²) in [4.78, 5) is 27.5. The van der Waals surface area contributed by atoms with Gasteiger partial charge >= 0.3 is 0 Å². The van der Waals surface area contributed by atoms with Crippen molar-refractivity contribution in [1.82, 2.24) is 10.2 Å². The number of carbonyl (C=O) groups is 2. The molecule has 1 N–H and O–H groups in total. The third-order valence-electron chi connectivity index (χ3n) is 5.38. The van der Waals surface area contributed by atoms with Crippen molar-refractivity contribution in [3.05, 3.63) is 35.4 Å². The Morgan fingerprint density at radius 2 is 1.81 bits per heavy atom. The number of carbonyl (C=O) groups excluding carboxylic acids is 2. The van der Waals surface area contributed by atoms with E-state index in [1.165, 1.54) is 0 Å². The largest absolute Gasteiger partial charge is 0.350 e. The van der Waals surface area contributed by atoms with Crippen LogP contribution in [0, 0.1) is 18.8 Å². The van der Waals surface area contributed by atoms with Gasteiger partial charge < -0.3 is 19.7 Å². The van der Waals surface area contributed by atoms with Crippen LogP contribution in [-0.2, 0) is 14.3 Å². The van der Waals surface area contributed by atoms with Crippen molar-refractivity contribution in [2.45, 2.75) is 45.9 Å². The fourth-order valence-electron chi connectivity index (χ4n) is 3.76. The fraction of sp³-hybridized carbons (Fsp3) is 0.619. The molecule has 0 aliphatic carbocycles. The number of ether oxygens (including phenoxy) is 2. The van der Waals surface area contributed by atoms with Crippen molar-refractivity contribution in [2.75, 3.05) is 26.3 Å². The van der Waals surface area contributed by atoms with Gasteiger partial charge in [-0.1, -0.05) is 31.5 Å². The molecule has 148 valence electrons. The zero-order chi connectivity index (χ0) is 19.4. The minimum atomic E-state index is -0.520. The molecule has 6 nitrogen and oxygen atoms in total. The van der Waals surface area contributed by atoms with E-state index in [1.54, 1.807) is 6.07 Å². The maximum Gasteiger partial charge on any atom is 0.251 e. The predicted molar refractivity (Wildman–Crippen MR) is 102 cm³/mol. The van der Waals surface area contributed by atoms with E-state index in [0.717, 1.165) is 18.4 Å². The van der Waals surface area contributed by atoms with E-state index < -0.39 is 6.04 Å². The van der Waals surface area contributed by atoms with Gasteiger partial charge in [0.2, 0.25) is 5.91 Å². The van der Waals surface area contributed by atoms with E-state index in [2.05, 4.69) is 5.32 Å². The van der Waals surface area contributed by atoms with Crippen molar-refractivity contribution in [3.63, 3.8) is 0 Å². The first-order chi connectivity index (χ1) is 13.0. The molecule has 1 atom stereocenters. The van der Waals surface area contributed by atoms with Crippen molar-refractivity contribution >= 4 is 11.8 Å². The first-order valence-corrected chi connectivity index (χ1v) is 9.85. The molecule has 27 heavy (non-hydrogen) atoms. The van der Waals surface area contributed by atoms with Gasteiger partial charge in [-0.3, -0.25) is 9.59 Å². The lowest BCUT2D eigenvalue weighted by atomic mass is 9.94. The molecular formula is C21H30N2O4. The maximum absolute atomic E-state index is 13.1. The number of hydrogen-bond acceptors (Lipinski definition) is 4. The highest BCUT2D eigenvalue weighted by molar-refractivity contribution is 5.97. The van der Waals surface area contributed by atoms with Crippen LogP contribution in [0.1, 0.15) is 42.6 Å². The van der Waals surface area contributed by atoms with Crippen LogP contribution >= 0.6 is 0 Å². The molecule has 3 rings (SSSR count). The number of benzene rings is 1. The summed E-state index contributed by atoms with van der Waals surface area (Å²) in [5, 5.41) is 2.94. The average Bonchev–Trinajstić information content (AvgIpc) is 3.20. The fourth-order valence-corrected chi connectivity index (χ4v) is 3.76. The maximum atomic E-state index is 13.1. The Labute approximate surface area is 161 Å². The SMILES string of the molecule is Cc1cccc(C(=O)NC(C(=O)N2CCC(C3OCCO3)CC2)C(C)C)c1. The number of likely N-dealkylation sites (tertiary alicyclic amines) is 1. The summed E-state index contributed by atoms with van der Waals surface area (Å²) in [5.74, 6) is 0.160. The van der Waals surface area contributed by atoms with Crippen LogP contribution < -0.4 is 5.32 Å². The molecule has 0 saturated carbocycles. The second kappa shape index (κ2) is 8.85. The van der Waals surface area contributed by atoms with Crippen LogP contribution in [0.25, 0.3) is 0 Å². The van der Waals surface area contributed by atoms with E-state index in [9.17, 15) is 9.59 Å². The lowest BCUT2D eigenvalue weighted by Crippen LogP contribution is -2.53.